The third kappa shape index (κ3) is 4.37. The molecular formula is C17H27ClN2O2. The number of amides is 1. The van der Waals surface area contributed by atoms with Crippen LogP contribution >= 0.6 is 12.4 Å². The summed E-state index contributed by atoms with van der Waals surface area (Å²) in [5, 5.41) is 0. The monoisotopic (exact) mass is 326 g/mol. The molecule has 5 heteroatoms. The molecule has 2 rings (SSSR count). The molecule has 0 radical (unpaired) electrons. The van der Waals surface area contributed by atoms with Crippen molar-refractivity contribution in [3.05, 3.63) is 29.8 Å². The second-order valence-corrected chi connectivity index (χ2v) is 6.35. The van der Waals surface area contributed by atoms with Crippen LogP contribution in [0.3, 0.4) is 0 Å². The van der Waals surface area contributed by atoms with Crippen LogP contribution in [0.1, 0.15) is 38.2 Å². The third-order valence-corrected chi connectivity index (χ3v) is 4.51. The summed E-state index contributed by atoms with van der Waals surface area (Å²) in [5.41, 5.74) is 7.05. The zero-order valence-corrected chi connectivity index (χ0v) is 14.5. The molecule has 22 heavy (non-hydrogen) atoms. The molecule has 4 nitrogen and oxygen atoms in total. The van der Waals surface area contributed by atoms with Gasteiger partial charge in [-0.25, -0.2) is 0 Å². The highest BCUT2D eigenvalue weighted by Crippen LogP contribution is 2.33. The summed E-state index contributed by atoms with van der Waals surface area (Å²) >= 11 is 0. The number of halogens is 1. The lowest BCUT2D eigenvalue weighted by atomic mass is 9.74. The van der Waals surface area contributed by atoms with Gasteiger partial charge in [-0.05, 0) is 37.5 Å². The number of carbonyl (C=O) groups excluding carboxylic acids is 1. The first-order valence-corrected chi connectivity index (χ1v) is 7.61. The van der Waals surface area contributed by atoms with Crippen LogP contribution in [0.15, 0.2) is 24.3 Å². The molecular weight excluding hydrogens is 300 g/mol. The SMILES string of the molecule is COc1ccc(CN(C)C(=O)C2CCCCC2(C)N)cc1.Cl. The van der Waals surface area contributed by atoms with Crippen LogP contribution in [0.25, 0.3) is 0 Å². The van der Waals surface area contributed by atoms with E-state index in [1.54, 1.807) is 12.0 Å². The van der Waals surface area contributed by atoms with E-state index < -0.39 is 0 Å². The first-order valence-electron chi connectivity index (χ1n) is 7.61. The molecule has 1 amide bonds. The third-order valence-electron chi connectivity index (χ3n) is 4.51. The summed E-state index contributed by atoms with van der Waals surface area (Å²) in [7, 11) is 3.51. The second kappa shape index (κ2) is 7.84. The van der Waals surface area contributed by atoms with Crippen molar-refractivity contribution >= 4 is 18.3 Å². The average Bonchev–Trinajstić information content (AvgIpc) is 2.47. The number of nitrogens with two attached hydrogens (primary N) is 1. The Bertz CT molecular complexity index is 488. The van der Waals surface area contributed by atoms with E-state index in [9.17, 15) is 4.79 Å². The van der Waals surface area contributed by atoms with Crippen molar-refractivity contribution in [1.82, 2.24) is 4.90 Å². The van der Waals surface area contributed by atoms with E-state index >= 15 is 0 Å². The molecule has 0 saturated heterocycles. The summed E-state index contributed by atoms with van der Waals surface area (Å²) in [6.07, 6.45) is 4.05. The Kier molecular flexibility index (Phi) is 6.69. The predicted octanol–water partition coefficient (Wildman–Crippen LogP) is 2.98. The van der Waals surface area contributed by atoms with Crippen molar-refractivity contribution < 1.29 is 9.53 Å². The average molecular weight is 327 g/mol. The second-order valence-electron chi connectivity index (χ2n) is 6.35. The summed E-state index contributed by atoms with van der Waals surface area (Å²) in [6, 6.07) is 7.82. The van der Waals surface area contributed by atoms with Gasteiger partial charge in [0.15, 0.2) is 0 Å². The Hall–Kier alpha value is -1.26. The minimum atomic E-state index is -0.372. The van der Waals surface area contributed by atoms with Crippen molar-refractivity contribution in [3.8, 4) is 5.75 Å². The Morgan fingerprint density at radius 2 is 2.00 bits per heavy atom. The Balaban J connectivity index is 0.00000242. The van der Waals surface area contributed by atoms with Gasteiger partial charge < -0.3 is 15.4 Å². The molecule has 0 aliphatic heterocycles. The van der Waals surface area contributed by atoms with Gasteiger partial charge in [0.1, 0.15) is 5.75 Å². The van der Waals surface area contributed by atoms with Crippen molar-refractivity contribution in [2.75, 3.05) is 14.2 Å². The van der Waals surface area contributed by atoms with Crippen LogP contribution in [0.4, 0.5) is 0 Å². The van der Waals surface area contributed by atoms with E-state index in [1.165, 1.54) is 0 Å². The number of methoxy groups -OCH3 is 1. The zero-order chi connectivity index (χ0) is 15.5. The number of nitrogens with zero attached hydrogens (tertiary/aromatic N) is 1. The number of rotatable bonds is 4. The molecule has 1 aromatic carbocycles. The number of hydrogen-bond acceptors (Lipinski definition) is 3. The molecule has 0 heterocycles. The quantitative estimate of drug-likeness (QED) is 0.925. The van der Waals surface area contributed by atoms with Gasteiger partial charge in [0.25, 0.3) is 0 Å². The van der Waals surface area contributed by atoms with Crippen LogP contribution < -0.4 is 10.5 Å². The Labute approximate surface area is 139 Å². The maximum atomic E-state index is 12.7. The van der Waals surface area contributed by atoms with Crippen molar-refractivity contribution in [2.24, 2.45) is 11.7 Å². The molecule has 124 valence electrons. The summed E-state index contributed by atoms with van der Waals surface area (Å²) in [4.78, 5) is 14.5. The van der Waals surface area contributed by atoms with Crippen LogP contribution in [-0.2, 0) is 11.3 Å². The van der Waals surface area contributed by atoms with Crippen LogP contribution in [0.2, 0.25) is 0 Å². The van der Waals surface area contributed by atoms with E-state index in [4.69, 9.17) is 10.5 Å². The van der Waals surface area contributed by atoms with E-state index in [1.807, 2.05) is 38.2 Å². The van der Waals surface area contributed by atoms with E-state index in [-0.39, 0.29) is 29.8 Å². The van der Waals surface area contributed by atoms with E-state index in [0.29, 0.717) is 6.54 Å². The molecule has 1 fully saturated rings. The number of carbonyl (C=O) groups is 1. The largest absolute Gasteiger partial charge is 0.497 e. The van der Waals surface area contributed by atoms with Crippen molar-refractivity contribution in [1.29, 1.82) is 0 Å². The van der Waals surface area contributed by atoms with E-state index in [2.05, 4.69) is 0 Å². The first kappa shape index (κ1) is 18.8. The summed E-state index contributed by atoms with van der Waals surface area (Å²) in [5.74, 6) is 0.930. The lowest BCUT2D eigenvalue weighted by molar-refractivity contribution is -0.138. The highest BCUT2D eigenvalue weighted by molar-refractivity contribution is 5.85. The minimum Gasteiger partial charge on any atom is -0.497 e. The Morgan fingerprint density at radius 1 is 1.36 bits per heavy atom. The highest BCUT2D eigenvalue weighted by Gasteiger charge is 2.38. The van der Waals surface area contributed by atoms with Crippen LogP contribution in [0.5, 0.6) is 5.75 Å². The number of ether oxygens (including phenoxy) is 1. The summed E-state index contributed by atoms with van der Waals surface area (Å²) < 4.78 is 5.15. The maximum Gasteiger partial charge on any atom is 0.227 e. The number of hydrogen-bond donors (Lipinski definition) is 1. The molecule has 0 spiro atoms. The summed E-state index contributed by atoms with van der Waals surface area (Å²) in [6.45, 7) is 2.62. The molecule has 2 N–H and O–H groups in total. The fraction of sp³-hybridized carbons (Fsp3) is 0.588. The minimum absolute atomic E-state index is 0. The standard InChI is InChI=1S/C17H26N2O2.ClH/c1-17(18)11-5-4-6-15(17)16(20)19(2)12-13-7-9-14(21-3)10-8-13;/h7-10,15H,4-6,11-12,18H2,1-3H3;1H. The molecule has 2 unspecified atom stereocenters. The van der Waals surface area contributed by atoms with Gasteiger partial charge in [-0.15, -0.1) is 12.4 Å². The van der Waals surface area contributed by atoms with E-state index in [0.717, 1.165) is 37.0 Å². The van der Waals surface area contributed by atoms with Crippen molar-refractivity contribution in [3.63, 3.8) is 0 Å². The van der Waals surface area contributed by atoms with Crippen LogP contribution in [-0.4, -0.2) is 30.5 Å². The molecule has 1 aliphatic rings. The molecule has 1 saturated carbocycles. The van der Waals surface area contributed by atoms with Crippen molar-refractivity contribution in [2.45, 2.75) is 44.7 Å². The normalized spacial score (nSPS) is 24.3. The molecule has 1 aliphatic carbocycles. The Morgan fingerprint density at radius 3 is 2.55 bits per heavy atom. The van der Waals surface area contributed by atoms with Gasteiger partial charge in [-0.2, -0.15) is 0 Å². The lowest BCUT2D eigenvalue weighted by Crippen LogP contribution is -2.53. The fourth-order valence-electron chi connectivity index (χ4n) is 3.11. The van der Waals surface area contributed by atoms with Gasteiger partial charge in [0.2, 0.25) is 5.91 Å². The zero-order valence-electron chi connectivity index (χ0n) is 13.7. The van der Waals surface area contributed by atoms with Gasteiger partial charge in [0, 0.05) is 19.1 Å². The fourth-order valence-corrected chi connectivity index (χ4v) is 3.11. The predicted molar refractivity (Wildman–Crippen MR) is 91.3 cm³/mol. The topological polar surface area (TPSA) is 55.6 Å². The maximum absolute atomic E-state index is 12.7. The smallest absolute Gasteiger partial charge is 0.227 e. The van der Waals surface area contributed by atoms with Gasteiger partial charge >= 0.3 is 0 Å². The van der Waals surface area contributed by atoms with Gasteiger partial charge in [-0.1, -0.05) is 25.0 Å². The van der Waals surface area contributed by atoms with Crippen LogP contribution in [0, 0.1) is 5.92 Å². The molecule has 0 bridgehead atoms. The highest BCUT2D eigenvalue weighted by atomic mass is 35.5. The van der Waals surface area contributed by atoms with Gasteiger partial charge in [0.05, 0.1) is 13.0 Å². The number of benzene rings is 1. The molecule has 2 atom stereocenters. The molecule has 0 aromatic heterocycles. The van der Waals surface area contributed by atoms with Gasteiger partial charge in [-0.3, -0.25) is 4.79 Å². The lowest BCUT2D eigenvalue weighted by Gasteiger charge is -2.39. The first-order chi connectivity index (χ1) is 9.94. The molecule has 1 aromatic rings.